The summed E-state index contributed by atoms with van der Waals surface area (Å²) in [6.45, 7) is 1.92. The summed E-state index contributed by atoms with van der Waals surface area (Å²) in [6.07, 6.45) is 0. The fraction of sp³-hybridized carbons (Fsp3) is 0.136. The quantitative estimate of drug-likeness (QED) is 0.351. The first-order valence-electron chi connectivity index (χ1n) is 9.39. The molecule has 2 heterocycles. The number of ether oxygens (including phenoxy) is 2. The molecule has 4 rings (SSSR count). The van der Waals surface area contributed by atoms with Crippen LogP contribution < -0.4 is 20.1 Å². The van der Waals surface area contributed by atoms with E-state index in [4.69, 9.17) is 37.7 Å². The van der Waals surface area contributed by atoms with Crippen molar-refractivity contribution in [3.8, 4) is 22.8 Å². The third-order valence-corrected chi connectivity index (χ3v) is 6.15. The zero-order valence-electron chi connectivity index (χ0n) is 17.3. The Hall–Kier alpha value is -3.14. The number of carbonyl (C=O) groups is 1. The summed E-state index contributed by atoms with van der Waals surface area (Å²) in [5.41, 5.74) is 2.41. The van der Waals surface area contributed by atoms with Gasteiger partial charge in [0.15, 0.2) is 16.0 Å². The van der Waals surface area contributed by atoms with Crippen LogP contribution in [0.4, 0.5) is 5.13 Å². The lowest BCUT2D eigenvalue weighted by Crippen LogP contribution is -2.33. The third-order valence-electron chi connectivity index (χ3n) is 4.62. The van der Waals surface area contributed by atoms with Gasteiger partial charge in [0.2, 0.25) is 0 Å². The lowest BCUT2D eigenvalue weighted by Gasteiger charge is -2.05. The molecule has 0 aliphatic heterocycles. The Balaban J connectivity index is 1.46. The molecule has 0 bridgehead atoms. The molecule has 2 aromatic carbocycles. The van der Waals surface area contributed by atoms with Crippen molar-refractivity contribution in [1.29, 1.82) is 0 Å². The number of hydrogen-bond donors (Lipinski definition) is 2. The molecule has 164 valence electrons. The van der Waals surface area contributed by atoms with Gasteiger partial charge in [0.1, 0.15) is 22.8 Å². The molecule has 0 saturated heterocycles. The zero-order valence-corrected chi connectivity index (χ0v) is 19.7. The van der Waals surface area contributed by atoms with Crippen molar-refractivity contribution >= 4 is 61.5 Å². The molecule has 0 aliphatic carbocycles. The second kappa shape index (κ2) is 9.15. The number of nitrogens with one attached hydrogen (secondary N) is 2. The van der Waals surface area contributed by atoms with E-state index in [1.165, 1.54) is 11.3 Å². The minimum absolute atomic E-state index is 0.0938. The molecule has 0 fully saturated rings. The molecule has 0 unspecified atom stereocenters. The van der Waals surface area contributed by atoms with Crippen LogP contribution in [0.25, 0.3) is 21.5 Å². The minimum Gasteiger partial charge on any atom is -0.497 e. The van der Waals surface area contributed by atoms with Crippen LogP contribution in [0.1, 0.15) is 16.1 Å². The third kappa shape index (κ3) is 4.55. The first kappa shape index (κ1) is 22.1. The maximum atomic E-state index is 12.6. The number of benzene rings is 2. The van der Waals surface area contributed by atoms with Gasteiger partial charge in [-0.15, -0.1) is 0 Å². The van der Waals surface area contributed by atoms with E-state index in [-0.39, 0.29) is 10.9 Å². The summed E-state index contributed by atoms with van der Waals surface area (Å²) < 4.78 is 17.2. The van der Waals surface area contributed by atoms with Crippen molar-refractivity contribution in [3.63, 3.8) is 0 Å². The van der Waals surface area contributed by atoms with Crippen molar-refractivity contribution < 1.29 is 18.7 Å². The maximum Gasteiger partial charge on any atom is 0.293 e. The number of halogens is 1. The van der Waals surface area contributed by atoms with Crippen LogP contribution in [0, 0.1) is 6.92 Å². The van der Waals surface area contributed by atoms with Gasteiger partial charge < -0.3 is 19.2 Å². The van der Waals surface area contributed by atoms with Gasteiger partial charge in [-0.2, -0.15) is 0 Å². The van der Waals surface area contributed by atoms with Gasteiger partial charge in [-0.1, -0.05) is 35.1 Å². The summed E-state index contributed by atoms with van der Waals surface area (Å²) in [5.74, 6) is 1.41. The van der Waals surface area contributed by atoms with Crippen molar-refractivity contribution in [3.05, 3.63) is 58.8 Å². The number of thiazole rings is 1. The summed E-state index contributed by atoms with van der Waals surface area (Å²) in [7, 11) is 3.15. The fourth-order valence-electron chi connectivity index (χ4n) is 2.96. The number of thiocarbonyl (C=S) groups is 1. The normalized spacial score (nSPS) is 10.8. The number of methoxy groups -OCH3 is 2. The number of hydrogen-bond acceptors (Lipinski definition) is 7. The van der Waals surface area contributed by atoms with E-state index in [1.807, 2.05) is 25.1 Å². The zero-order chi connectivity index (χ0) is 22.8. The largest absolute Gasteiger partial charge is 0.497 e. The predicted octanol–water partition coefficient (Wildman–Crippen LogP) is 5.66. The topological polar surface area (TPSA) is 85.6 Å². The number of furan rings is 1. The Morgan fingerprint density at radius 1 is 1.16 bits per heavy atom. The molecular formula is C22H18ClN3O4S2. The van der Waals surface area contributed by atoms with Gasteiger partial charge >= 0.3 is 0 Å². The lowest BCUT2D eigenvalue weighted by atomic mass is 10.1. The molecule has 2 aromatic heterocycles. The highest BCUT2D eigenvalue weighted by atomic mass is 35.5. The van der Waals surface area contributed by atoms with Gasteiger partial charge in [-0.25, -0.2) is 4.98 Å². The molecule has 0 radical (unpaired) electrons. The Morgan fingerprint density at radius 2 is 1.97 bits per heavy atom. The summed E-state index contributed by atoms with van der Waals surface area (Å²) in [5, 5.41) is 6.75. The van der Waals surface area contributed by atoms with Crippen molar-refractivity contribution in [2.75, 3.05) is 19.5 Å². The van der Waals surface area contributed by atoms with E-state index in [9.17, 15) is 4.79 Å². The van der Waals surface area contributed by atoms with Crippen molar-refractivity contribution in [2.24, 2.45) is 0 Å². The van der Waals surface area contributed by atoms with Crippen molar-refractivity contribution in [1.82, 2.24) is 10.3 Å². The molecule has 0 spiro atoms. The van der Waals surface area contributed by atoms with Crippen molar-refractivity contribution in [2.45, 2.75) is 6.92 Å². The van der Waals surface area contributed by atoms with Crippen LogP contribution in [0.15, 0.2) is 46.9 Å². The maximum absolute atomic E-state index is 12.6. The number of aromatic nitrogens is 1. The highest BCUT2D eigenvalue weighted by molar-refractivity contribution is 7.80. The smallest absolute Gasteiger partial charge is 0.293 e. The molecular weight excluding hydrogens is 470 g/mol. The van der Waals surface area contributed by atoms with Crippen LogP contribution in [-0.4, -0.2) is 30.2 Å². The lowest BCUT2D eigenvalue weighted by molar-refractivity contribution is 0.0951. The number of amides is 1. The van der Waals surface area contributed by atoms with Gasteiger partial charge in [-0.05, 0) is 49.0 Å². The van der Waals surface area contributed by atoms with Gasteiger partial charge in [0.05, 0.1) is 18.9 Å². The second-order valence-corrected chi connectivity index (χ2v) is 8.58. The molecule has 10 heteroatoms. The molecule has 0 aliphatic rings. The van der Waals surface area contributed by atoms with E-state index < -0.39 is 5.91 Å². The van der Waals surface area contributed by atoms with E-state index in [0.29, 0.717) is 32.9 Å². The molecule has 1 amide bonds. The minimum atomic E-state index is -0.479. The Bertz CT molecular complexity index is 1330. The number of fused-ring (bicyclic) bond motifs is 1. The molecule has 7 nitrogen and oxygen atoms in total. The predicted molar refractivity (Wildman–Crippen MR) is 130 cm³/mol. The molecule has 0 saturated carbocycles. The molecule has 0 atom stereocenters. The van der Waals surface area contributed by atoms with E-state index in [0.717, 1.165) is 15.8 Å². The van der Waals surface area contributed by atoms with Gasteiger partial charge in [0.25, 0.3) is 5.91 Å². The second-order valence-electron chi connectivity index (χ2n) is 6.73. The Kier molecular flexibility index (Phi) is 6.31. The van der Waals surface area contributed by atoms with Gasteiger partial charge in [0, 0.05) is 16.7 Å². The summed E-state index contributed by atoms with van der Waals surface area (Å²) >= 11 is 12.8. The highest BCUT2D eigenvalue weighted by Crippen LogP contribution is 2.36. The van der Waals surface area contributed by atoms with Crippen LogP contribution in [0.5, 0.6) is 11.5 Å². The highest BCUT2D eigenvalue weighted by Gasteiger charge is 2.16. The average molecular weight is 488 g/mol. The van der Waals surface area contributed by atoms with Crippen LogP contribution in [-0.2, 0) is 0 Å². The average Bonchev–Trinajstić information content (AvgIpc) is 3.41. The van der Waals surface area contributed by atoms with E-state index in [2.05, 4.69) is 15.6 Å². The first-order valence-corrected chi connectivity index (χ1v) is 11.0. The van der Waals surface area contributed by atoms with Crippen LogP contribution in [0.3, 0.4) is 0 Å². The number of carbonyl (C=O) groups excluding carboxylic acids is 1. The summed E-state index contributed by atoms with van der Waals surface area (Å²) in [6, 6.07) is 12.5. The number of rotatable bonds is 5. The molecule has 2 N–H and O–H groups in total. The van der Waals surface area contributed by atoms with Gasteiger partial charge in [-0.3, -0.25) is 10.1 Å². The molecule has 4 aromatic rings. The monoisotopic (exact) mass is 487 g/mol. The Labute approximate surface area is 198 Å². The number of aryl methyl sites for hydroxylation is 1. The fourth-order valence-corrected chi connectivity index (χ4v) is 4.31. The van der Waals surface area contributed by atoms with Crippen LogP contribution >= 0.6 is 35.2 Å². The van der Waals surface area contributed by atoms with E-state index in [1.54, 1.807) is 38.5 Å². The van der Waals surface area contributed by atoms with Crippen LogP contribution in [0.2, 0.25) is 5.02 Å². The molecule has 32 heavy (non-hydrogen) atoms. The standard InChI is InChI=1S/C22H18ClN3O4S2/c1-11-4-5-12(8-14(11)23)15-6-7-16(30-15)20(27)25-21(31)26-22-24-19-17(29-3)9-13(28-2)10-18(19)32-22/h4-10H,1-3H3,(H2,24,25,26,27,31). The number of nitrogens with zero attached hydrogens (tertiary/aromatic N) is 1. The Morgan fingerprint density at radius 3 is 2.69 bits per heavy atom. The summed E-state index contributed by atoms with van der Waals surface area (Å²) in [4.78, 5) is 17.0. The first-order chi connectivity index (χ1) is 15.4. The van der Waals surface area contributed by atoms with E-state index >= 15 is 0 Å². The SMILES string of the molecule is COc1cc(OC)c2nc(NC(=S)NC(=O)c3ccc(-c4ccc(C)c(Cl)c4)o3)sc2c1. The number of anilines is 1.